The Morgan fingerprint density at radius 1 is 1.47 bits per heavy atom. The normalized spacial score (nSPS) is 24.0. The number of nitrogens with one attached hydrogen (secondary N) is 1. The summed E-state index contributed by atoms with van der Waals surface area (Å²) < 4.78 is 29.3. The first-order valence-corrected chi connectivity index (χ1v) is 5.44. The van der Waals surface area contributed by atoms with Gasteiger partial charge in [0, 0.05) is 25.7 Å². The maximum absolute atomic E-state index is 11.9. The quantitative estimate of drug-likeness (QED) is 0.749. The van der Waals surface area contributed by atoms with Crippen LogP contribution in [0.1, 0.15) is 13.8 Å². The second-order valence-electron chi connectivity index (χ2n) is 4.13. The maximum atomic E-state index is 11.9. The van der Waals surface area contributed by atoms with Crippen LogP contribution in [0.25, 0.3) is 0 Å². The molecule has 1 N–H and O–H groups in total. The molecule has 1 saturated heterocycles. The fourth-order valence-corrected chi connectivity index (χ4v) is 1.69. The summed E-state index contributed by atoms with van der Waals surface area (Å²) in [5.74, 6) is 0. The number of alkyl halides is 2. The van der Waals surface area contributed by atoms with E-state index in [0.29, 0.717) is 19.2 Å². The third-order valence-electron chi connectivity index (χ3n) is 2.57. The molecular weight excluding hydrogens is 202 g/mol. The molecule has 0 aromatic rings. The summed E-state index contributed by atoms with van der Waals surface area (Å²) in [5, 5.41) is 2.71. The van der Waals surface area contributed by atoms with Crippen LogP contribution >= 0.6 is 0 Å². The van der Waals surface area contributed by atoms with Gasteiger partial charge in [-0.15, -0.1) is 0 Å². The number of ether oxygens (including phenoxy) is 1. The average molecular weight is 222 g/mol. The Morgan fingerprint density at radius 3 is 2.80 bits per heavy atom. The molecule has 15 heavy (non-hydrogen) atoms. The molecule has 0 amide bonds. The molecule has 1 heterocycles. The Labute approximate surface area is 89.8 Å². The zero-order valence-electron chi connectivity index (χ0n) is 9.38. The molecule has 3 nitrogen and oxygen atoms in total. The lowest BCUT2D eigenvalue weighted by Crippen LogP contribution is -2.49. The van der Waals surface area contributed by atoms with E-state index in [1.165, 1.54) is 0 Å². The summed E-state index contributed by atoms with van der Waals surface area (Å²) in [6, 6.07) is 0.492. The van der Waals surface area contributed by atoms with Gasteiger partial charge in [-0.3, -0.25) is 4.90 Å². The van der Waals surface area contributed by atoms with Crippen LogP contribution in [-0.4, -0.2) is 56.3 Å². The van der Waals surface area contributed by atoms with Gasteiger partial charge < -0.3 is 10.1 Å². The van der Waals surface area contributed by atoms with E-state index < -0.39 is 6.43 Å². The highest BCUT2D eigenvalue weighted by Gasteiger charge is 2.21. The Hall–Kier alpha value is -0.260. The molecule has 0 radical (unpaired) electrons. The second-order valence-corrected chi connectivity index (χ2v) is 4.13. The van der Waals surface area contributed by atoms with E-state index in [9.17, 15) is 8.78 Å². The van der Waals surface area contributed by atoms with E-state index >= 15 is 0 Å². The van der Waals surface area contributed by atoms with Crippen molar-refractivity contribution in [1.82, 2.24) is 10.2 Å². The highest BCUT2D eigenvalue weighted by atomic mass is 19.3. The molecule has 90 valence electrons. The molecule has 5 heteroatoms. The van der Waals surface area contributed by atoms with Crippen LogP contribution in [-0.2, 0) is 4.74 Å². The highest BCUT2D eigenvalue weighted by molar-refractivity contribution is 4.75. The van der Waals surface area contributed by atoms with Crippen LogP contribution < -0.4 is 5.32 Å². The fraction of sp³-hybridized carbons (Fsp3) is 1.00. The molecule has 0 aliphatic carbocycles. The first-order chi connectivity index (χ1) is 7.09. The minimum absolute atomic E-state index is 0.0416. The van der Waals surface area contributed by atoms with E-state index in [1.807, 2.05) is 0 Å². The number of morpholine rings is 1. The first kappa shape index (κ1) is 12.8. The topological polar surface area (TPSA) is 24.5 Å². The van der Waals surface area contributed by atoms with Crippen molar-refractivity contribution in [3.63, 3.8) is 0 Å². The molecule has 1 aliphatic heterocycles. The Bertz CT molecular complexity index is 179. The third kappa shape index (κ3) is 4.86. The second kappa shape index (κ2) is 6.35. The predicted octanol–water partition coefficient (Wildman–Crippen LogP) is 0.950. The molecular formula is C10H20F2N2O. The molecule has 0 spiro atoms. The standard InChI is InChI=1S/C10H20F2N2O/c1-8(2)14-3-4-15-9(7-14)5-13-6-10(11)12/h8-10,13H,3-7H2,1-2H3. The smallest absolute Gasteiger partial charge is 0.250 e. The molecule has 1 unspecified atom stereocenters. The van der Waals surface area contributed by atoms with E-state index in [2.05, 4.69) is 24.1 Å². The summed E-state index contributed by atoms with van der Waals surface area (Å²) in [7, 11) is 0. The van der Waals surface area contributed by atoms with Crippen LogP contribution in [0, 0.1) is 0 Å². The van der Waals surface area contributed by atoms with E-state index in [4.69, 9.17) is 4.74 Å². The van der Waals surface area contributed by atoms with Gasteiger partial charge in [0.2, 0.25) is 0 Å². The van der Waals surface area contributed by atoms with Crippen molar-refractivity contribution >= 4 is 0 Å². The molecule has 0 aromatic heterocycles. The minimum atomic E-state index is -2.28. The molecule has 1 rings (SSSR count). The summed E-state index contributed by atoms with van der Waals surface area (Å²) >= 11 is 0. The van der Waals surface area contributed by atoms with Crippen LogP contribution in [0.15, 0.2) is 0 Å². The Balaban J connectivity index is 2.18. The predicted molar refractivity (Wildman–Crippen MR) is 55.3 cm³/mol. The van der Waals surface area contributed by atoms with E-state index in [-0.39, 0.29) is 12.6 Å². The molecule has 1 fully saturated rings. The number of rotatable bonds is 5. The SMILES string of the molecule is CC(C)N1CCOC(CNCC(F)F)C1. The number of hydrogen-bond acceptors (Lipinski definition) is 3. The van der Waals surface area contributed by atoms with Crippen molar-refractivity contribution in [3.8, 4) is 0 Å². The van der Waals surface area contributed by atoms with E-state index in [1.54, 1.807) is 0 Å². The molecule has 0 bridgehead atoms. The molecule has 0 aromatic carbocycles. The average Bonchev–Trinajstić information content (AvgIpc) is 2.17. The molecule has 1 atom stereocenters. The lowest BCUT2D eigenvalue weighted by Gasteiger charge is -2.35. The maximum Gasteiger partial charge on any atom is 0.250 e. The van der Waals surface area contributed by atoms with Crippen molar-refractivity contribution in [2.45, 2.75) is 32.4 Å². The zero-order chi connectivity index (χ0) is 11.3. The van der Waals surface area contributed by atoms with Crippen molar-refractivity contribution in [2.75, 3.05) is 32.8 Å². The van der Waals surface area contributed by atoms with Crippen LogP contribution in [0.2, 0.25) is 0 Å². The van der Waals surface area contributed by atoms with Gasteiger partial charge in [-0.05, 0) is 13.8 Å². The molecule has 1 aliphatic rings. The van der Waals surface area contributed by atoms with Crippen molar-refractivity contribution in [2.24, 2.45) is 0 Å². The molecule has 0 saturated carbocycles. The zero-order valence-corrected chi connectivity index (χ0v) is 9.38. The van der Waals surface area contributed by atoms with Gasteiger partial charge in [-0.25, -0.2) is 8.78 Å². The summed E-state index contributed by atoms with van der Waals surface area (Å²) in [6.45, 7) is 6.98. The number of hydrogen-bond donors (Lipinski definition) is 1. The first-order valence-electron chi connectivity index (χ1n) is 5.44. The number of nitrogens with zero attached hydrogens (tertiary/aromatic N) is 1. The van der Waals surface area contributed by atoms with Gasteiger partial charge in [0.25, 0.3) is 6.43 Å². The van der Waals surface area contributed by atoms with Crippen molar-refractivity contribution < 1.29 is 13.5 Å². The fourth-order valence-electron chi connectivity index (χ4n) is 1.69. The van der Waals surface area contributed by atoms with Gasteiger partial charge in [-0.2, -0.15) is 0 Å². The monoisotopic (exact) mass is 222 g/mol. The van der Waals surface area contributed by atoms with Crippen LogP contribution in [0.4, 0.5) is 8.78 Å². The van der Waals surface area contributed by atoms with Crippen molar-refractivity contribution in [3.05, 3.63) is 0 Å². The number of halogens is 2. The third-order valence-corrected chi connectivity index (χ3v) is 2.57. The van der Waals surface area contributed by atoms with Gasteiger partial charge in [-0.1, -0.05) is 0 Å². The Morgan fingerprint density at radius 2 is 2.20 bits per heavy atom. The van der Waals surface area contributed by atoms with Crippen LogP contribution in [0.3, 0.4) is 0 Å². The minimum Gasteiger partial charge on any atom is -0.374 e. The van der Waals surface area contributed by atoms with Crippen LogP contribution in [0.5, 0.6) is 0 Å². The van der Waals surface area contributed by atoms with Gasteiger partial charge >= 0.3 is 0 Å². The summed E-state index contributed by atoms with van der Waals surface area (Å²) in [4.78, 5) is 2.30. The largest absolute Gasteiger partial charge is 0.374 e. The van der Waals surface area contributed by atoms with Gasteiger partial charge in [0.05, 0.1) is 19.3 Å². The lowest BCUT2D eigenvalue weighted by molar-refractivity contribution is -0.0382. The highest BCUT2D eigenvalue weighted by Crippen LogP contribution is 2.07. The van der Waals surface area contributed by atoms with E-state index in [0.717, 1.165) is 13.1 Å². The van der Waals surface area contributed by atoms with Gasteiger partial charge in [0.1, 0.15) is 0 Å². The summed E-state index contributed by atoms with van der Waals surface area (Å²) in [6.07, 6.45) is -2.24. The Kier molecular flexibility index (Phi) is 5.42. The lowest BCUT2D eigenvalue weighted by atomic mass is 10.2. The summed E-state index contributed by atoms with van der Waals surface area (Å²) in [5.41, 5.74) is 0. The van der Waals surface area contributed by atoms with Gasteiger partial charge in [0.15, 0.2) is 0 Å². The van der Waals surface area contributed by atoms with Crippen molar-refractivity contribution in [1.29, 1.82) is 0 Å².